The van der Waals surface area contributed by atoms with Crippen LogP contribution in [0, 0.1) is 0 Å². The third-order valence-corrected chi connectivity index (χ3v) is 5.06. The highest BCUT2D eigenvalue weighted by atomic mass is 35.5. The number of rotatable bonds is 1. The van der Waals surface area contributed by atoms with Gasteiger partial charge in [-0.05, 0) is 26.3 Å². The molecule has 4 rings (SSSR count). The Hall–Kier alpha value is -0.930. The molecule has 3 nitrogen and oxygen atoms in total. The van der Waals surface area contributed by atoms with Crippen LogP contribution >= 0.6 is 11.6 Å². The van der Waals surface area contributed by atoms with Crippen molar-refractivity contribution >= 4 is 11.6 Å². The average Bonchev–Trinajstić information content (AvgIpc) is 3.09. The number of benzene rings is 1. The number of nitrogens with one attached hydrogen (secondary N) is 1. The van der Waals surface area contributed by atoms with E-state index in [9.17, 15) is 0 Å². The zero-order chi connectivity index (χ0) is 13.0. The molecular weight excluding hydrogens is 262 g/mol. The number of hydrogen-bond acceptors (Lipinski definition) is 3. The van der Waals surface area contributed by atoms with Gasteiger partial charge in [-0.15, -0.1) is 0 Å². The van der Waals surface area contributed by atoms with Crippen LogP contribution in [0.3, 0.4) is 0 Å². The van der Waals surface area contributed by atoms with Gasteiger partial charge in [0.15, 0.2) is 0 Å². The fraction of sp³-hybridized carbons (Fsp3) is 0.600. The Morgan fingerprint density at radius 2 is 1.84 bits per heavy atom. The first kappa shape index (κ1) is 11.9. The van der Waals surface area contributed by atoms with Gasteiger partial charge in [0.25, 0.3) is 0 Å². The Balaban J connectivity index is 2.00. The van der Waals surface area contributed by atoms with E-state index in [1.165, 1.54) is 17.5 Å². The number of fused-ring (bicyclic) bond motifs is 2. The third-order valence-electron chi connectivity index (χ3n) is 4.66. The highest BCUT2D eigenvalue weighted by Gasteiger charge is 2.41. The first-order chi connectivity index (χ1) is 9.21. The molecule has 0 aromatic heterocycles. The van der Waals surface area contributed by atoms with Crippen molar-refractivity contribution in [3.05, 3.63) is 21.7 Å². The van der Waals surface area contributed by atoms with E-state index >= 15 is 0 Å². The Morgan fingerprint density at radius 3 is 2.58 bits per heavy atom. The molecule has 102 valence electrons. The van der Waals surface area contributed by atoms with Crippen molar-refractivity contribution < 1.29 is 9.47 Å². The molecule has 1 aromatic rings. The summed E-state index contributed by atoms with van der Waals surface area (Å²) >= 11 is 6.50. The SMILES string of the molecule is CC1(c2c3c(c(Cl)c4c2OCC4)OCC3)CCCN1. The minimum atomic E-state index is 0.0107. The van der Waals surface area contributed by atoms with Crippen molar-refractivity contribution in [1.29, 1.82) is 0 Å². The van der Waals surface area contributed by atoms with Gasteiger partial charge in [-0.2, -0.15) is 0 Å². The van der Waals surface area contributed by atoms with Gasteiger partial charge in [-0.25, -0.2) is 0 Å². The summed E-state index contributed by atoms with van der Waals surface area (Å²) in [4.78, 5) is 0. The molecule has 0 amide bonds. The maximum atomic E-state index is 6.50. The largest absolute Gasteiger partial charge is 0.493 e. The fourth-order valence-electron chi connectivity index (χ4n) is 3.74. The van der Waals surface area contributed by atoms with Crippen LogP contribution in [-0.4, -0.2) is 19.8 Å². The van der Waals surface area contributed by atoms with Crippen molar-refractivity contribution in [2.75, 3.05) is 19.8 Å². The molecule has 1 N–H and O–H groups in total. The summed E-state index contributed by atoms with van der Waals surface area (Å²) in [6.45, 7) is 4.83. The predicted octanol–water partition coefficient (Wildman–Crippen LogP) is 2.81. The molecule has 1 unspecified atom stereocenters. The zero-order valence-corrected chi connectivity index (χ0v) is 11.9. The molecule has 1 aromatic carbocycles. The molecule has 3 aliphatic heterocycles. The maximum absolute atomic E-state index is 6.50. The normalized spacial score (nSPS) is 27.9. The second-order valence-corrected chi connectivity index (χ2v) is 6.24. The van der Waals surface area contributed by atoms with Crippen LogP contribution in [0.1, 0.15) is 36.5 Å². The molecule has 0 saturated carbocycles. The second-order valence-electron chi connectivity index (χ2n) is 5.86. The van der Waals surface area contributed by atoms with Crippen LogP contribution in [0.4, 0.5) is 0 Å². The van der Waals surface area contributed by atoms with E-state index in [2.05, 4.69) is 12.2 Å². The molecule has 4 heteroatoms. The lowest BCUT2D eigenvalue weighted by atomic mass is 9.84. The van der Waals surface area contributed by atoms with E-state index in [-0.39, 0.29) is 5.54 Å². The van der Waals surface area contributed by atoms with Crippen molar-refractivity contribution in [2.45, 2.75) is 38.1 Å². The quantitative estimate of drug-likeness (QED) is 0.857. The zero-order valence-electron chi connectivity index (χ0n) is 11.1. The van der Waals surface area contributed by atoms with Gasteiger partial charge in [0.05, 0.1) is 18.2 Å². The Labute approximate surface area is 118 Å². The molecule has 0 radical (unpaired) electrons. The maximum Gasteiger partial charge on any atom is 0.142 e. The lowest BCUT2D eigenvalue weighted by Crippen LogP contribution is -2.34. The van der Waals surface area contributed by atoms with Crippen LogP contribution < -0.4 is 14.8 Å². The molecule has 0 spiro atoms. The monoisotopic (exact) mass is 279 g/mol. The minimum Gasteiger partial charge on any atom is -0.493 e. The van der Waals surface area contributed by atoms with E-state index in [4.69, 9.17) is 21.1 Å². The summed E-state index contributed by atoms with van der Waals surface area (Å²) in [6.07, 6.45) is 4.20. The molecule has 1 saturated heterocycles. The second kappa shape index (κ2) is 4.03. The predicted molar refractivity (Wildman–Crippen MR) is 74.4 cm³/mol. The van der Waals surface area contributed by atoms with E-state index < -0.39 is 0 Å². The molecule has 1 atom stereocenters. The first-order valence-electron chi connectivity index (χ1n) is 7.09. The number of ether oxygens (including phenoxy) is 2. The molecular formula is C15H18ClNO2. The van der Waals surface area contributed by atoms with Crippen molar-refractivity contribution in [1.82, 2.24) is 5.32 Å². The van der Waals surface area contributed by atoms with Crippen molar-refractivity contribution in [3.8, 4) is 11.5 Å². The topological polar surface area (TPSA) is 30.5 Å². The summed E-state index contributed by atoms with van der Waals surface area (Å²) < 4.78 is 11.7. The van der Waals surface area contributed by atoms with Gasteiger partial charge in [0, 0.05) is 35.1 Å². The lowest BCUT2D eigenvalue weighted by molar-refractivity contribution is 0.334. The van der Waals surface area contributed by atoms with E-state index in [1.54, 1.807) is 0 Å². The third kappa shape index (κ3) is 1.55. The minimum absolute atomic E-state index is 0.0107. The van der Waals surface area contributed by atoms with Gasteiger partial charge in [0.2, 0.25) is 0 Å². The molecule has 0 bridgehead atoms. The van der Waals surface area contributed by atoms with Gasteiger partial charge >= 0.3 is 0 Å². The van der Waals surface area contributed by atoms with Gasteiger partial charge in [-0.1, -0.05) is 11.6 Å². The fourth-order valence-corrected chi connectivity index (χ4v) is 4.09. The molecule has 19 heavy (non-hydrogen) atoms. The van der Waals surface area contributed by atoms with Crippen LogP contribution in [0.5, 0.6) is 11.5 Å². The van der Waals surface area contributed by atoms with Crippen LogP contribution in [0.15, 0.2) is 0 Å². The van der Waals surface area contributed by atoms with Crippen LogP contribution in [0.2, 0.25) is 5.02 Å². The number of halogens is 1. The first-order valence-corrected chi connectivity index (χ1v) is 7.47. The summed E-state index contributed by atoms with van der Waals surface area (Å²) in [7, 11) is 0. The Kier molecular flexibility index (Phi) is 2.52. The van der Waals surface area contributed by atoms with Gasteiger partial charge < -0.3 is 14.8 Å². The summed E-state index contributed by atoms with van der Waals surface area (Å²) in [6, 6.07) is 0. The van der Waals surface area contributed by atoms with Crippen molar-refractivity contribution in [3.63, 3.8) is 0 Å². The average molecular weight is 280 g/mol. The van der Waals surface area contributed by atoms with Gasteiger partial charge in [-0.3, -0.25) is 0 Å². The molecule has 3 heterocycles. The van der Waals surface area contributed by atoms with Gasteiger partial charge in [0.1, 0.15) is 11.5 Å². The standard InChI is InChI=1S/C15H18ClNO2/c1-15(5-2-6-17-15)11-9-3-7-19-14(9)12(16)10-4-8-18-13(10)11/h17H,2-8H2,1H3. The smallest absolute Gasteiger partial charge is 0.142 e. The summed E-state index contributed by atoms with van der Waals surface area (Å²) in [5.41, 5.74) is 3.74. The van der Waals surface area contributed by atoms with E-state index in [0.29, 0.717) is 0 Å². The highest BCUT2D eigenvalue weighted by Crippen LogP contribution is 2.51. The molecule has 1 fully saturated rings. The lowest BCUT2D eigenvalue weighted by Gasteiger charge is -2.29. The summed E-state index contributed by atoms with van der Waals surface area (Å²) in [5.74, 6) is 1.95. The molecule has 3 aliphatic rings. The highest BCUT2D eigenvalue weighted by molar-refractivity contribution is 6.33. The summed E-state index contributed by atoms with van der Waals surface area (Å²) in [5, 5.41) is 4.43. The van der Waals surface area contributed by atoms with Crippen molar-refractivity contribution in [2.24, 2.45) is 0 Å². The Bertz CT molecular complexity index is 515. The Morgan fingerprint density at radius 1 is 1.11 bits per heavy atom. The van der Waals surface area contributed by atoms with Crippen LogP contribution in [-0.2, 0) is 18.4 Å². The number of hydrogen-bond donors (Lipinski definition) is 1. The van der Waals surface area contributed by atoms with Crippen LogP contribution in [0.25, 0.3) is 0 Å². The molecule has 0 aliphatic carbocycles. The van der Waals surface area contributed by atoms with E-state index in [1.807, 2.05) is 0 Å². The van der Waals surface area contributed by atoms with E-state index in [0.717, 1.165) is 61.1 Å².